The normalized spacial score (nSPS) is 11.0. The van der Waals surface area contributed by atoms with Gasteiger partial charge in [-0.25, -0.2) is 18.2 Å². The number of nitrogens with zero attached hydrogens (tertiary/aromatic N) is 3. The quantitative estimate of drug-likeness (QED) is 0.468. The molecule has 0 saturated carbocycles. The molecule has 0 radical (unpaired) electrons. The van der Waals surface area contributed by atoms with Gasteiger partial charge in [0.1, 0.15) is 17.2 Å². The average Bonchev–Trinajstić information content (AvgIpc) is 3.12. The van der Waals surface area contributed by atoms with Crippen molar-refractivity contribution in [1.82, 2.24) is 9.97 Å². The number of pyridine rings is 1. The van der Waals surface area contributed by atoms with Crippen LogP contribution in [0.3, 0.4) is 0 Å². The molecule has 0 unspecified atom stereocenters. The van der Waals surface area contributed by atoms with Gasteiger partial charge in [0.15, 0.2) is 10.9 Å². The van der Waals surface area contributed by atoms with Gasteiger partial charge in [0, 0.05) is 12.3 Å². The van der Waals surface area contributed by atoms with Crippen LogP contribution in [0.4, 0.5) is 18.3 Å². The van der Waals surface area contributed by atoms with Crippen molar-refractivity contribution in [3.63, 3.8) is 0 Å². The lowest BCUT2D eigenvalue weighted by Crippen LogP contribution is -2.32. The summed E-state index contributed by atoms with van der Waals surface area (Å²) in [5, 5.41) is 0.238. The lowest BCUT2D eigenvalue weighted by Gasteiger charge is -2.19. The third-order valence-corrected chi connectivity index (χ3v) is 5.27. The molecular formula is C21H14F3N3OS. The fraction of sp³-hybridized carbons (Fsp3) is 0.0952. The number of rotatable bonds is 5. The standard InChI is InChI=1S/C21H14F3N3OS/c22-14-6-4-13(5-7-14)9-19(28)27(12-16-3-1-2-8-25-16)21-26-20-17(24)10-15(23)11-18(20)29-21/h1-8,10-11H,9,12H2. The van der Waals surface area contributed by atoms with Crippen molar-refractivity contribution in [2.75, 3.05) is 4.90 Å². The largest absolute Gasteiger partial charge is 0.282 e. The van der Waals surface area contributed by atoms with Gasteiger partial charge in [-0.05, 0) is 35.9 Å². The SMILES string of the molecule is O=C(Cc1ccc(F)cc1)N(Cc1ccccn1)c1nc2c(F)cc(F)cc2s1. The summed E-state index contributed by atoms with van der Waals surface area (Å²) in [4.78, 5) is 22.9. The number of halogens is 3. The molecule has 0 bridgehead atoms. The first-order valence-electron chi connectivity index (χ1n) is 8.70. The van der Waals surface area contributed by atoms with Crippen molar-refractivity contribution in [1.29, 1.82) is 0 Å². The van der Waals surface area contributed by atoms with Crippen LogP contribution >= 0.6 is 11.3 Å². The van der Waals surface area contributed by atoms with Crippen molar-refractivity contribution in [2.45, 2.75) is 13.0 Å². The fourth-order valence-corrected chi connectivity index (χ4v) is 3.87. The highest BCUT2D eigenvalue weighted by Gasteiger charge is 2.22. The summed E-state index contributed by atoms with van der Waals surface area (Å²) >= 11 is 1.02. The molecular weight excluding hydrogens is 399 g/mol. The second-order valence-corrected chi connectivity index (χ2v) is 7.34. The van der Waals surface area contributed by atoms with Crippen molar-refractivity contribution >= 4 is 32.6 Å². The molecule has 0 N–H and O–H groups in total. The smallest absolute Gasteiger partial charge is 0.233 e. The minimum absolute atomic E-state index is 0.000117. The van der Waals surface area contributed by atoms with E-state index in [4.69, 9.17) is 0 Å². The first-order valence-corrected chi connectivity index (χ1v) is 9.51. The highest BCUT2D eigenvalue weighted by Crippen LogP contribution is 2.32. The van der Waals surface area contributed by atoms with Gasteiger partial charge in [0.05, 0.1) is 23.4 Å². The number of carbonyl (C=O) groups is 1. The Hall–Kier alpha value is -3.26. The first-order chi connectivity index (χ1) is 14.0. The zero-order chi connectivity index (χ0) is 20.4. The number of hydrogen-bond donors (Lipinski definition) is 0. The Morgan fingerprint density at radius 2 is 1.79 bits per heavy atom. The van der Waals surface area contributed by atoms with Crippen LogP contribution in [0.1, 0.15) is 11.3 Å². The van der Waals surface area contributed by atoms with E-state index < -0.39 is 17.5 Å². The van der Waals surface area contributed by atoms with Crippen molar-refractivity contribution in [3.8, 4) is 0 Å². The Balaban J connectivity index is 1.70. The monoisotopic (exact) mass is 413 g/mol. The first kappa shape index (κ1) is 19.1. The molecule has 2 aromatic carbocycles. The number of amides is 1. The van der Waals surface area contributed by atoms with Crippen LogP contribution in [-0.4, -0.2) is 15.9 Å². The summed E-state index contributed by atoms with van der Waals surface area (Å²) in [6.07, 6.45) is 1.60. The van der Waals surface area contributed by atoms with E-state index in [1.807, 2.05) is 0 Å². The third-order valence-electron chi connectivity index (χ3n) is 4.25. The summed E-state index contributed by atoms with van der Waals surface area (Å²) in [5.41, 5.74) is 1.25. The molecule has 146 valence electrons. The second kappa shape index (κ2) is 8.00. The predicted octanol–water partition coefficient (Wildman–Crippen LogP) is 4.88. The van der Waals surface area contributed by atoms with Gasteiger partial charge in [-0.2, -0.15) is 0 Å². The number of aromatic nitrogens is 2. The minimum Gasteiger partial charge on any atom is -0.282 e. The van der Waals surface area contributed by atoms with Gasteiger partial charge in [0.25, 0.3) is 0 Å². The van der Waals surface area contributed by atoms with Crippen LogP contribution in [0.5, 0.6) is 0 Å². The van der Waals surface area contributed by atoms with Gasteiger partial charge >= 0.3 is 0 Å². The van der Waals surface area contributed by atoms with Crippen LogP contribution in [0.15, 0.2) is 60.8 Å². The van der Waals surface area contributed by atoms with E-state index in [1.54, 1.807) is 24.4 Å². The molecule has 1 amide bonds. The fourth-order valence-electron chi connectivity index (χ4n) is 2.85. The highest BCUT2D eigenvalue weighted by molar-refractivity contribution is 7.22. The van der Waals surface area contributed by atoms with E-state index >= 15 is 0 Å². The van der Waals surface area contributed by atoms with Gasteiger partial charge in [-0.1, -0.05) is 29.5 Å². The molecule has 0 aliphatic heterocycles. The molecule has 0 spiro atoms. The zero-order valence-electron chi connectivity index (χ0n) is 15.0. The maximum atomic E-state index is 14.1. The van der Waals surface area contributed by atoms with E-state index in [-0.39, 0.29) is 29.5 Å². The third kappa shape index (κ3) is 4.27. The molecule has 0 aliphatic rings. The van der Waals surface area contributed by atoms with Crippen LogP contribution in [-0.2, 0) is 17.8 Å². The lowest BCUT2D eigenvalue weighted by atomic mass is 10.1. The van der Waals surface area contributed by atoms with Gasteiger partial charge < -0.3 is 0 Å². The molecule has 0 fully saturated rings. The summed E-state index contributed by atoms with van der Waals surface area (Å²) in [7, 11) is 0. The molecule has 4 nitrogen and oxygen atoms in total. The number of thiazole rings is 1. The van der Waals surface area contributed by atoms with Crippen molar-refractivity contribution in [3.05, 3.63) is 89.5 Å². The molecule has 4 rings (SSSR count). The summed E-state index contributed by atoms with van der Waals surface area (Å²) in [6, 6.07) is 12.9. The molecule has 0 aliphatic carbocycles. The Labute approximate surface area is 168 Å². The van der Waals surface area contributed by atoms with Crippen LogP contribution in [0.2, 0.25) is 0 Å². The minimum atomic E-state index is -0.786. The Morgan fingerprint density at radius 3 is 2.52 bits per heavy atom. The molecule has 4 aromatic rings. The molecule has 0 atom stereocenters. The molecule has 0 saturated heterocycles. The number of carbonyl (C=O) groups excluding carboxylic acids is 1. The molecule has 2 aromatic heterocycles. The van der Waals surface area contributed by atoms with E-state index in [0.29, 0.717) is 16.0 Å². The van der Waals surface area contributed by atoms with E-state index in [2.05, 4.69) is 9.97 Å². The Kier molecular flexibility index (Phi) is 5.26. The number of anilines is 1. The number of hydrogen-bond acceptors (Lipinski definition) is 4. The van der Waals surface area contributed by atoms with Gasteiger partial charge in [-0.15, -0.1) is 0 Å². The topological polar surface area (TPSA) is 46.1 Å². The summed E-state index contributed by atoms with van der Waals surface area (Å²) < 4.78 is 41.1. The maximum absolute atomic E-state index is 14.1. The van der Waals surface area contributed by atoms with E-state index in [9.17, 15) is 18.0 Å². The lowest BCUT2D eigenvalue weighted by molar-refractivity contribution is -0.118. The van der Waals surface area contributed by atoms with Crippen molar-refractivity contribution in [2.24, 2.45) is 0 Å². The average molecular weight is 413 g/mol. The van der Waals surface area contributed by atoms with Crippen molar-refractivity contribution < 1.29 is 18.0 Å². The number of benzene rings is 2. The Morgan fingerprint density at radius 1 is 1.00 bits per heavy atom. The molecule has 8 heteroatoms. The number of fused-ring (bicyclic) bond motifs is 1. The van der Waals surface area contributed by atoms with E-state index in [0.717, 1.165) is 17.4 Å². The molecule has 2 heterocycles. The van der Waals surface area contributed by atoms with Crippen LogP contribution in [0, 0.1) is 17.5 Å². The maximum Gasteiger partial charge on any atom is 0.233 e. The van der Waals surface area contributed by atoms with Crippen LogP contribution < -0.4 is 4.90 Å². The Bertz CT molecular complexity index is 1160. The summed E-state index contributed by atoms with van der Waals surface area (Å²) in [6.45, 7) is 0.116. The van der Waals surface area contributed by atoms with Crippen LogP contribution in [0.25, 0.3) is 10.2 Å². The zero-order valence-corrected chi connectivity index (χ0v) is 15.8. The molecule has 29 heavy (non-hydrogen) atoms. The second-order valence-electron chi connectivity index (χ2n) is 6.33. The highest BCUT2D eigenvalue weighted by atomic mass is 32.1. The van der Waals surface area contributed by atoms with E-state index in [1.165, 1.54) is 35.2 Å². The van der Waals surface area contributed by atoms with Gasteiger partial charge in [0.2, 0.25) is 5.91 Å². The predicted molar refractivity (Wildman–Crippen MR) is 105 cm³/mol. The van der Waals surface area contributed by atoms with Gasteiger partial charge in [-0.3, -0.25) is 14.7 Å². The summed E-state index contributed by atoms with van der Waals surface area (Å²) in [5.74, 6) is -2.21.